The molecule has 1 aromatic carbocycles. The van der Waals surface area contributed by atoms with Crippen molar-refractivity contribution in [3.05, 3.63) is 53.1 Å². The first kappa shape index (κ1) is 23.3. The third-order valence-corrected chi connectivity index (χ3v) is 4.51. The van der Waals surface area contributed by atoms with E-state index in [1.165, 1.54) is 0 Å². The number of carbonyl (C=O) groups is 1. The zero-order valence-electron chi connectivity index (χ0n) is 18.6. The van der Waals surface area contributed by atoms with Crippen LogP contribution in [-0.2, 0) is 11.3 Å². The molecule has 2 heterocycles. The van der Waals surface area contributed by atoms with E-state index >= 15 is 0 Å². The van der Waals surface area contributed by atoms with Gasteiger partial charge in [-0.3, -0.25) is 9.78 Å². The molecule has 170 valence electrons. The van der Waals surface area contributed by atoms with Gasteiger partial charge in [-0.25, -0.2) is 9.77 Å². The highest BCUT2D eigenvalue weighted by atomic mass is 32.1. The van der Waals surface area contributed by atoms with Crippen LogP contribution in [-0.4, -0.2) is 44.5 Å². The van der Waals surface area contributed by atoms with Gasteiger partial charge in [0.05, 0.1) is 13.2 Å². The highest BCUT2D eigenvalue weighted by Gasteiger charge is 2.15. The number of ether oxygens (including phenoxy) is 2. The Labute approximate surface area is 192 Å². The monoisotopic (exact) mass is 456 g/mol. The van der Waals surface area contributed by atoms with Crippen molar-refractivity contribution < 1.29 is 14.3 Å². The van der Waals surface area contributed by atoms with Crippen molar-refractivity contribution in [3.8, 4) is 22.9 Å². The molecule has 0 saturated carbocycles. The van der Waals surface area contributed by atoms with Crippen molar-refractivity contribution in [3.63, 3.8) is 0 Å². The van der Waals surface area contributed by atoms with Gasteiger partial charge in [-0.1, -0.05) is 6.07 Å². The van der Waals surface area contributed by atoms with Gasteiger partial charge in [-0.05, 0) is 69.7 Å². The average Bonchev–Trinajstić information content (AvgIpc) is 3.11. The second-order valence-electron chi connectivity index (χ2n) is 8.06. The van der Waals surface area contributed by atoms with Crippen molar-refractivity contribution in [1.29, 1.82) is 0 Å². The van der Waals surface area contributed by atoms with E-state index in [9.17, 15) is 4.79 Å². The summed E-state index contributed by atoms with van der Waals surface area (Å²) < 4.78 is 13.6. The lowest BCUT2D eigenvalue weighted by Crippen LogP contribution is -2.43. The van der Waals surface area contributed by atoms with Crippen LogP contribution in [0.5, 0.6) is 11.5 Å². The van der Waals surface area contributed by atoms with Crippen molar-refractivity contribution >= 4 is 18.1 Å². The van der Waals surface area contributed by atoms with Gasteiger partial charge in [0.25, 0.3) is 5.91 Å². The molecule has 9 nitrogen and oxygen atoms in total. The molecule has 0 spiro atoms. The molecule has 10 heteroatoms. The third kappa shape index (κ3) is 6.30. The van der Waals surface area contributed by atoms with Crippen LogP contribution >= 0.6 is 12.2 Å². The van der Waals surface area contributed by atoms with E-state index in [0.717, 1.165) is 11.1 Å². The summed E-state index contributed by atoms with van der Waals surface area (Å²) >= 11 is 5.36. The first-order valence-electron chi connectivity index (χ1n) is 10.3. The number of carbonyl (C=O) groups excluding carboxylic acids is 1. The highest BCUT2D eigenvalue weighted by molar-refractivity contribution is 7.71. The van der Waals surface area contributed by atoms with Crippen LogP contribution in [0.2, 0.25) is 0 Å². The second-order valence-corrected chi connectivity index (χ2v) is 8.45. The van der Waals surface area contributed by atoms with Crippen LogP contribution in [0.25, 0.3) is 11.4 Å². The second kappa shape index (κ2) is 10.3. The predicted molar refractivity (Wildman–Crippen MR) is 125 cm³/mol. The zero-order valence-corrected chi connectivity index (χ0v) is 19.5. The summed E-state index contributed by atoms with van der Waals surface area (Å²) in [5, 5.41) is 9.98. The molecule has 0 aliphatic carbocycles. The Bertz CT molecular complexity index is 1100. The van der Waals surface area contributed by atoms with Crippen LogP contribution < -0.4 is 20.2 Å². The molecule has 3 N–H and O–H groups in total. The van der Waals surface area contributed by atoms with E-state index in [1.54, 1.807) is 23.1 Å². The maximum atomic E-state index is 12.1. The number of hydrogen-bond donors (Lipinski definition) is 3. The smallest absolute Gasteiger partial charge is 0.258 e. The summed E-state index contributed by atoms with van der Waals surface area (Å²) in [7, 11) is 0. The molecule has 0 saturated heterocycles. The Morgan fingerprint density at radius 2 is 1.91 bits per heavy atom. The molecule has 0 atom stereocenters. The Hall–Kier alpha value is -3.40. The first-order valence-corrected chi connectivity index (χ1v) is 10.7. The lowest BCUT2D eigenvalue weighted by atomic mass is 10.1. The van der Waals surface area contributed by atoms with Crippen LogP contribution in [0.3, 0.4) is 0 Å². The van der Waals surface area contributed by atoms with Gasteiger partial charge in [0, 0.05) is 23.5 Å². The van der Waals surface area contributed by atoms with Crippen LogP contribution in [0, 0.1) is 4.77 Å². The maximum Gasteiger partial charge on any atom is 0.258 e. The fourth-order valence-electron chi connectivity index (χ4n) is 2.96. The summed E-state index contributed by atoms with van der Waals surface area (Å²) in [5.74, 6) is 1.55. The van der Waals surface area contributed by atoms with Crippen molar-refractivity contribution in [2.75, 3.05) is 18.6 Å². The minimum Gasteiger partial charge on any atom is -0.490 e. The number of amides is 1. The van der Waals surface area contributed by atoms with E-state index in [-0.39, 0.29) is 18.1 Å². The molecule has 0 fully saturated rings. The summed E-state index contributed by atoms with van der Waals surface area (Å²) in [6.45, 7) is 8.51. The van der Waals surface area contributed by atoms with Gasteiger partial charge in [-0.15, -0.1) is 0 Å². The van der Waals surface area contributed by atoms with Gasteiger partial charge >= 0.3 is 0 Å². The number of hydrogen-bond acceptors (Lipinski definition) is 7. The first-order chi connectivity index (χ1) is 15.3. The Balaban J connectivity index is 1.71. The van der Waals surface area contributed by atoms with E-state index < -0.39 is 0 Å². The molecule has 32 heavy (non-hydrogen) atoms. The highest BCUT2D eigenvalue weighted by Crippen LogP contribution is 2.29. The van der Waals surface area contributed by atoms with Gasteiger partial charge < -0.3 is 20.2 Å². The standard InChI is InChI=1S/C22H28N6O3S/c1-5-30-18-12-15(6-7-17(18)31-14-19(29)25-22(2,3)4)13-24-28-20(26-27-21(28)32)16-8-10-23-11-9-16/h6-12,24H,5,13-14H2,1-4H3,(H,25,29)(H,27,32). The number of H-pyrrole nitrogens is 1. The van der Waals surface area contributed by atoms with E-state index in [4.69, 9.17) is 21.7 Å². The zero-order chi connectivity index (χ0) is 23.1. The summed E-state index contributed by atoms with van der Waals surface area (Å²) in [6.07, 6.45) is 3.40. The van der Waals surface area contributed by atoms with E-state index in [0.29, 0.717) is 35.2 Å². The molecular weight excluding hydrogens is 428 g/mol. The van der Waals surface area contributed by atoms with E-state index in [1.807, 2.05) is 52.0 Å². The number of benzene rings is 1. The Morgan fingerprint density at radius 1 is 1.16 bits per heavy atom. The molecule has 0 aliphatic rings. The third-order valence-electron chi connectivity index (χ3n) is 4.23. The minimum absolute atomic E-state index is 0.0889. The van der Waals surface area contributed by atoms with Crippen molar-refractivity contribution in [1.82, 2.24) is 25.2 Å². The Kier molecular flexibility index (Phi) is 7.47. The number of pyridine rings is 1. The average molecular weight is 457 g/mol. The van der Waals surface area contributed by atoms with E-state index in [2.05, 4.69) is 25.9 Å². The normalized spacial score (nSPS) is 11.1. The SMILES string of the molecule is CCOc1cc(CNn2c(-c3ccncc3)n[nH]c2=S)ccc1OCC(=O)NC(C)(C)C. The number of aromatic nitrogens is 4. The fraction of sp³-hybridized carbons (Fsp3) is 0.364. The molecular formula is C22H28N6O3S. The fourth-order valence-corrected chi connectivity index (χ4v) is 3.15. The van der Waals surface area contributed by atoms with Crippen LogP contribution in [0.4, 0.5) is 0 Å². The maximum absolute atomic E-state index is 12.1. The number of rotatable bonds is 9. The van der Waals surface area contributed by atoms with Gasteiger partial charge in [0.2, 0.25) is 4.77 Å². The van der Waals surface area contributed by atoms with Crippen LogP contribution in [0.1, 0.15) is 33.3 Å². The van der Waals surface area contributed by atoms with Crippen molar-refractivity contribution in [2.45, 2.75) is 39.8 Å². The topological polar surface area (TPSA) is 106 Å². The van der Waals surface area contributed by atoms with Gasteiger partial charge in [0.1, 0.15) is 0 Å². The molecule has 3 rings (SSSR count). The number of aromatic amines is 1. The molecule has 0 unspecified atom stereocenters. The lowest BCUT2D eigenvalue weighted by molar-refractivity contribution is -0.124. The summed E-state index contributed by atoms with van der Waals surface area (Å²) in [6, 6.07) is 9.30. The van der Waals surface area contributed by atoms with Gasteiger partial charge in [-0.2, -0.15) is 5.10 Å². The van der Waals surface area contributed by atoms with Gasteiger partial charge in [0.15, 0.2) is 23.9 Å². The number of nitrogens with zero attached hydrogens (tertiary/aromatic N) is 3. The quantitative estimate of drug-likeness (QED) is 0.424. The van der Waals surface area contributed by atoms with Crippen LogP contribution in [0.15, 0.2) is 42.7 Å². The summed E-state index contributed by atoms with van der Waals surface area (Å²) in [5.41, 5.74) is 4.79. The molecule has 3 aromatic rings. The largest absolute Gasteiger partial charge is 0.490 e. The molecule has 0 aliphatic heterocycles. The lowest BCUT2D eigenvalue weighted by Gasteiger charge is -2.21. The predicted octanol–water partition coefficient (Wildman–Crippen LogP) is 3.44. The molecule has 0 radical (unpaired) electrons. The Morgan fingerprint density at radius 3 is 2.59 bits per heavy atom. The molecule has 2 aromatic heterocycles. The molecule has 0 bridgehead atoms. The minimum atomic E-state index is -0.317. The summed E-state index contributed by atoms with van der Waals surface area (Å²) in [4.78, 5) is 16.1. The number of nitrogens with one attached hydrogen (secondary N) is 3. The molecule has 1 amide bonds. The van der Waals surface area contributed by atoms with Crippen molar-refractivity contribution in [2.24, 2.45) is 0 Å².